The molecule has 1 aromatic rings. The fraction of sp³-hybridized carbons (Fsp3) is 0.571. The summed E-state index contributed by atoms with van der Waals surface area (Å²) < 4.78 is 5.11. The van der Waals surface area contributed by atoms with Crippen LogP contribution >= 0.6 is 24.0 Å². The summed E-state index contributed by atoms with van der Waals surface area (Å²) in [5.74, 6) is -1.17. The Balaban J connectivity index is 2.20. The zero-order chi connectivity index (χ0) is 19.9. The second-order valence-corrected chi connectivity index (χ2v) is 7.87. The molecule has 0 N–H and O–H groups in total. The molecule has 0 fully saturated rings. The molecule has 0 saturated carbocycles. The predicted molar refractivity (Wildman–Crippen MR) is 114 cm³/mol. The van der Waals surface area contributed by atoms with Gasteiger partial charge in [-0.2, -0.15) is 0 Å². The molecule has 6 heteroatoms. The van der Waals surface area contributed by atoms with Crippen LogP contribution in [0.15, 0.2) is 29.2 Å². The van der Waals surface area contributed by atoms with Crippen LogP contribution in [0.3, 0.4) is 0 Å². The molecule has 150 valence electrons. The minimum Gasteiger partial charge on any atom is -0.463 e. The largest absolute Gasteiger partial charge is 0.463 e. The summed E-state index contributed by atoms with van der Waals surface area (Å²) in [6.07, 6.45) is 13.0. The maximum absolute atomic E-state index is 12.2. The molecule has 0 aliphatic heterocycles. The normalized spacial score (nSPS) is 11.4. The van der Waals surface area contributed by atoms with Crippen molar-refractivity contribution in [3.8, 4) is 0 Å². The molecule has 0 radical (unpaired) electrons. The lowest BCUT2D eigenvalue weighted by Crippen LogP contribution is -2.12. The summed E-state index contributed by atoms with van der Waals surface area (Å²) in [4.78, 5) is 36.0. The van der Waals surface area contributed by atoms with E-state index in [1.165, 1.54) is 56.3 Å². The standard InChI is InChI=1S/C21H30O4S2/c1-2-3-4-5-6-7-8-9-10-11-14-25-19(22)16-17(21(24)26)20(23)18-13-12-15-27-18/h12-13,15-16H,2-11,14H2,1H3,(H,24,26). The van der Waals surface area contributed by atoms with E-state index in [9.17, 15) is 14.4 Å². The second kappa shape index (κ2) is 14.6. The molecule has 27 heavy (non-hydrogen) atoms. The number of hydrogen-bond acceptors (Lipinski definition) is 5. The monoisotopic (exact) mass is 410 g/mol. The lowest BCUT2D eigenvalue weighted by Gasteiger charge is -2.04. The summed E-state index contributed by atoms with van der Waals surface area (Å²) in [6.45, 7) is 2.52. The average molecular weight is 411 g/mol. The molecule has 0 spiro atoms. The maximum atomic E-state index is 12.2. The second-order valence-electron chi connectivity index (χ2n) is 6.52. The van der Waals surface area contributed by atoms with Crippen molar-refractivity contribution < 1.29 is 19.1 Å². The van der Waals surface area contributed by atoms with Gasteiger partial charge in [-0.1, -0.05) is 70.8 Å². The van der Waals surface area contributed by atoms with Gasteiger partial charge in [0.1, 0.15) is 0 Å². The van der Waals surface area contributed by atoms with Gasteiger partial charge in [-0.05, 0) is 17.9 Å². The van der Waals surface area contributed by atoms with E-state index in [1.54, 1.807) is 17.5 Å². The molecular weight excluding hydrogens is 380 g/mol. The van der Waals surface area contributed by atoms with Crippen molar-refractivity contribution in [1.82, 2.24) is 0 Å². The van der Waals surface area contributed by atoms with Crippen molar-refractivity contribution >= 4 is 40.8 Å². The molecule has 4 nitrogen and oxygen atoms in total. The Morgan fingerprint density at radius 3 is 2.11 bits per heavy atom. The number of thiol groups is 1. The first-order chi connectivity index (χ1) is 13.1. The van der Waals surface area contributed by atoms with Crippen LogP contribution in [0.2, 0.25) is 0 Å². The van der Waals surface area contributed by atoms with E-state index in [4.69, 9.17) is 4.74 Å². The SMILES string of the molecule is CCCCCCCCCCCCOC(=O)C=C(C(=O)S)C(=O)c1cccs1. The van der Waals surface area contributed by atoms with Crippen molar-refractivity contribution in [2.75, 3.05) is 6.61 Å². The van der Waals surface area contributed by atoms with Crippen LogP contribution in [0.1, 0.15) is 80.8 Å². The molecule has 0 saturated heterocycles. The zero-order valence-electron chi connectivity index (χ0n) is 16.1. The molecular formula is C21H30O4S2. The number of carbonyl (C=O) groups is 3. The van der Waals surface area contributed by atoms with E-state index in [2.05, 4.69) is 19.6 Å². The number of carbonyl (C=O) groups excluding carboxylic acids is 3. The first kappa shape index (κ1) is 23.6. The van der Waals surface area contributed by atoms with E-state index in [-0.39, 0.29) is 5.57 Å². The number of hydrogen-bond donors (Lipinski definition) is 1. The Kier molecular flexibility index (Phi) is 12.8. The van der Waals surface area contributed by atoms with Gasteiger partial charge in [0.2, 0.25) is 10.9 Å². The minimum atomic E-state index is -0.732. The van der Waals surface area contributed by atoms with Gasteiger partial charge in [0, 0.05) is 6.08 Å². The van der Waals surface area contributed by atoms with Crippen LogP contribution in [0.5, 0.6) is 0 Å². The zero-order valence-corrected chi connectivity index (χ0v) is 17.8. The van der Waals surface area contributed by atoms with Crippen LogP contribution in [0.25, 0.3) is 0 Å². The molecule has 0 amide bonds. The molecule has 1 aromatic heterocycles. The number of ether oxygens (including phenoxy) is 1. The van der Waals surface area contributed by atoms with Gasteiger partial charge in [0.25, 0.3) is 0 Å². The third-order valence-electron chi connectivity index (χ3n) is 4.22. The summed E-state index contributed by atoms with van der Waals surface area (Å²) >= 11 is 4.90. The quantitative estimate of drug-likeness (QED) is 0.0757. The van der Waals surface area contributed by atoms with Gasteiger partial charge in [-0.25, -0.2) is 4.79 Å². The number of Topliss-reactive ketones (excluding diaryl/α,β-unsaturated/α-hetero) is 1. The topological polar surface area (TPSA) is 60.4 Å². The smallest absolute Gasteiger partial charge is 0.331 e. The van der Waals surface area contributed by atoms with Crippen molar-refractivity contribution in [2.45, 2.75) is 71.1 Å². The fourth-order valence-corrected chi connectivity index (χ4v) is 3.53. The number of ketones is 1. The van der Waals surface area contributed by atoms with Gasteiger partial charge in [-0.15, -0.1) is 24.0 Å². The summed E-state index contributed by atoms with van der Waals surface area (Å²) in [6, 6.07) is 3.31. The number of unbranched alkanes of at least 4 members (excludes halogenated alkanes) is 9. The predicted octanol–water partition coefficient (Wildman–Crippen LogP) is 5.78. The lowest BCUT2D eigenvalue weighted by molar-refractivity contribution is -0.138. The van der Waals surface area contributed by atoms with E-state index >= 15 is 0 Å². The highest BCUT2D eigenvalue weighted by Crippen LogP contribution is 2.16. The first-order valence-electron chi connectivity index (χ1n) is 9.76. The van der Waals surface area contributed by atoms with Crippen molar-refractivity contribution in [3.05, 3.63) is 34.0 Å². The third kappa shape index (κ3) is 10.5. The lowest BCUT2D eigenvalue weighted by atomic mass is 10.1. The Morgan fingerprint density at radius 2 is 1.59 bits per heavy atom. The third-order valence-corrected chi connectivity index (χ3v) is 5.33. The Morgan fingerprint density at radius 1 is 1.00 bits per heavy atom. The molecule has 1 rings (SSSR count). The maximum Gasteiger partial charge on any atom is 0.331 e. The first-order valence-corrected chi connectivity index (χ1v) is 11.1. The molecule has 0 aromatic carbocycles. The fourth-order valence-electron chi connectivity index (χ4n) is 2.69. The Bertz CT molecular complexity index is 606. The highest BCUT2D eigenvalue weighted by Gasteiger charge is 2.20. The van der Waals surface area contributed by atoms with Gasteiger partial charge in [0.05, 0.1) is 17.1 Å². The molecule has 0 aliphatic carbocycles. The summed E-state index contributed by atoms with van der Waals surface area (Å²) in [7, 11) is 0. The van der Waals surface area contributed by atoms with E-state index in [0.29, 0.717) is 11.5 Å². The van der Waals surface area contributed by atoms with Crippen LogP contribution in [0, 0.1) is 0 Å². The Hall–Kier alpha value is -1.40. The Labute approximate surface area is 171 Å². The molecule has 0 unspecified atom stereocenters. The molecule has 1 heterocycles. The molecule has 0 aliphatic rings. The van der Waals surface area contributed by atoms with E-state index in [1.807, 2.05) is 0 Å². The van der Waals surface area contributed by atoms with Crippen molar-refractivity contribution in [2.24, 2.45) is 0 Å². The van der Waals surface area contributed by atoms with Crippen LogP contribution in [-0.2, 0) is 14.3 Å². The van der Waals surface area contributed by atoms with Gasteiger partial charge < -0.3 is 4.74 Å². The van der Waals surface area contributed by atoms with Crippen molar-refractivity contribution in [3.63, 3.8) is 0 Å². The number of esters is 1. The summed E-state index contributed by atoms with van der Waals surface area (Å²) in [5.41, 5.74) is -0.256. The minimum absolute atomic E-state index is 0.256. The molecule has 0 atom stereocenters. The summed E-state index contributed by atoms with van der Waals surface area (Å²) in [5, 5.41) is 1.00. The highest BCUT2D eigenvalue weighted by molar-refractivity contribution is 7.97. The van der Waals surface area contributed by atoms with Crippen LogP contribution in [-0.4, -0.2) is 23.5 Å². The van der Waals surface area contributed by atoms with Crippen LogP contribution in [0.4, 0.5) is 0 Å². The van der Waals surface area contributed by atoms with Gasteiger partial charge >= 0.3 is 5.97 Å². The van der Waals surface area contributed by atoms with Gasteiger partial charge in [0.15, 0.2) is 0 Å². The van der Waals surface area contributed by atoms with Crippen molar-refractivity contribution in [1.29, 1.82) is 0 Å². The number of rotatable bonds is 15. The van der Waals surface area contributed by atoms with E-state index in [0.717, 1.165) is 25.3 Å². The number of thiophene rings is 1. The van der Waals surface area contributed by atoms with Gasteiger partial charge in [-0.3, -0.25) is 9.59 Å². The van der Waals surface area contributed by atoms with Crippen LogP contribution < -0.4 is 0 Å². The average Bonchev–Trinajstić information content (AvgIpc) is 3.18. The highest BCUT2D eigenvalue weighted by atomic mass is 32.1. The molecule has 0 bridgehead atoms. The van der Waals surface area contributed by atoms with E-state index < -0.39 is 16.9 Å².